The second-order valence-corrected chi connectivity index (χ2v) is 8.85. The lowest BCUT2D eigenvalue weighted by Crippen LogP contribution is -2.59. The van der Waals surface area contributed by atoms with Crippen molar-refractivity contribution < 1.29 is 4.74 Å². The standard InChI is InChI=1S/C23H31N7O/c1-15-20(11-12-29(4)23(15,2)3)30(5)21-10-9-19(27-28-21)17-7-8-18(26-22(17)31-6)16-13-24-25-14-16/h7-10,13-15,20H,11-12H2,1-6H3,(H,24,25). The summed E-state index contributed by atoms with van der Waals surface area (Å²) in [6, 6.07) is 8.33. The van der Waals surface area contributed by atoms with Crippen LogP contribution in [0, 0.1) is 5.92 Å². The van der Waals surface area contributed by atoms with Gasteiger partial charge in [0.1, 0.15) is 0 Å². The van der Waals surface area contributed by atoms with Gasteiger partial charge in [-0.05, 0) is 57.5 Å². The summed E-state index contributed by atoms with van der Waals surface area (Å²) < 4.78 is 5.53. The first-order chi connectivity index (χ1) is 14.8. The van der Waals surface area contributed by atoms with Gasteiger partial charge in [-0.2, -0.15) is 5.10 Å². The van der Waals surface area contributed by atoms with Gasteiger partial charge in [0.2, 0.25) is 5.88 Å². The van der Waals surface area contributed by atoms with Gasteiger partial charge in [0, 0.05) is 36.9 Å². The van der Waals surface area contributed by atoms with E-state index in [4.69, 9.17) is 4.74 Å². The van der Waals surface area contributed by atoms with E-state index in [1.54, 1.807) is 19.5 Å². The minimum atomic E-state index is 0.139. The Morgan fingerprint density at radius 3 is 2.58 bits per heavy atom. The summed E-state index contributed by atoms with van der Waals surface area (Å²) in [4.78, 5) is 9.33. The maximum Gasteiger partial charge on any atom is 0.223 e. The third kappa shape index (κ3) is 3.87. The van der Waals surface area contributed by atoms with Crippen LogP contribution in [0.2, 0.25) is 0 Å². The third-order valence-corrected chi connectivity index (χ3v) is 7.07. The number of piperidine rings is 1. The molecule has 0 radical (unpaired) electrons. The van der Waals surface area contributed by atoms with Crippen molar-refractivity contribution in [2.45, 2.75) is 38.8 Å². The first kappa shape index (κ1) is 21.2. The van der Waals surface area contributed by atoms with Crippen LogP contribution < -0.4 is 9.64 Å². The van der Waals surface area contributed by atoms with Crippen LogP contribution in [0.25, 0.3) is 22.5 Å². The Balaban J connectivity index is 1.57. The quantitative estimate of drug-likeness (QED) is 0.675. The molecule has 2 unspecified atom stereocenters. The number of nitrogens with one attached hydrogen (secondary N) is 1. The predicted molar refractivity (Wildman–Crippen MR) is 122 cm³/mol. The van der Waals surface area contributed by atoms with Crippen molar-refractivity contribution in [2.24, 2.45) is 5.92 Å². The maximum absolute atomic E-state index is 5.53. The van der Waals surface area contributed by atoms with Crippen molar-refractivity contribution in [2.75, 3.05) is 32.6 Å². The molecule has 3 aromatic rings. The molecule has 1 saturated heterocycles. The molecule has 0 spiro atoms. The maximum atomic E-state index is 5.53. The van der Waals surface area contributed by atoms with E-state index in [1.807, 2.05) is 24.3 Å². The Bertz CT molecular complexity index is 1020. The number of hydrogen-bond acceptors (Lipinski definition) is 7. The number of methoxy groups -OCH3 is 1. The van der Waals surface area contributed by atoms with Gasteiger partial charge >= 0.3 is 0 Å². The lowest BCUT2D eigenvalue weighted by Gasteiger charge is -2.51. The Morgan fingerprint density at radius 2 is 1.94 bits per heavy atom. The van der Waals surface area contributed by atoms with Crippen LogP contribution in [0.4, 0.5) is 5.82 Å². The molecule has 1 aliphatic heterocycles. The van der Waals surface area contributed by atoms with Crippen molar-refractivity contribution in [3.05, 3.63) is 36.7 Å². The summed E-state index contributed by atoms with van der Waals surface area (Å²) in [5.41, 5.74) is 3.38. The molecule has 2 atom stereocenters. The Morgan fingerprint density at radius 1 is 1.16 bits per heavy atom. The highest BCUT2D eigenvalue weighted by atomic mass is 16.5. The first-order valence-corrected chi connectivity index (χ1v) is 10.6. The van der Waals surface area contributed by atoms with Crippen LogP contribution in [0.5, 0.6) is 5.88 Å². The number of rotatable bonds is 5. The van der Waals surface area contributed by atoms with Gasteiger partial charge in [-0.1, -0.05) is 6.92 Å². The number of H-pyrrole nitrogens is 1. The van der Waals surface area contributed by atoms with Crippen molar-refractivity contribution in [3.8, 4) is 28.4 Å². The number of anilines is 1. The topological polar surface area (TPSA) is 83.1 Å². The van der Waals surface area contributed by atoms with E-state index in [0.29, 0.717) is 17.8 Å². The molecule has 3 aromatic heterocycles. The van der Waals surface area contributed by atoms with Crippen LogP contribution in [-0.4, -0.2) is 69.6 Å². The summed E-state index contributed by atoms with van der Waals surface area (Å²) in [5, 5.41) is 15.8. The van der Waals surface area contributed by atoms with Gasteiger partial charge in [0.25, 0.3) is 0 Å². The molecule has 31 heavy (non-hydrogen) atoms. The van der Waals surface area contributed by atoms with Crippen molar-refractivity contribution in [1.29, 1.82) is 0 Å². The van der Waals surface area contributed by atoms with Gasteiger partial charge in [0.15, 0.2) is 5.82 Å². The molecule has 8 nitrogen and oxygen atoms in total. The molecule has 4 rings (SSSR count). The molecule has 1 aliphatic rings. The first-order valence-electron chi connectivity index (χ1n) is 10.6. The average molecular weight is 422 g/mol. The van der Waals surface area contributed by atoms with Gasteiger partial charge < -0.3 is 14.5 Å². The zero-order valence-corrected chi connectivity index (χ0v) is 19.1. The molecule has 0 amide bonds. The van der Waals surface area contributed by atoms with Gasteiger partial charge in [0.05, 0.1) is 30.3 Å². The van der Waals surface area contributed by atoms with E-state index in [-0.39, 0.29) is 5.54 Å². The highest BCUT2D eigenvalue weighted by Gasteiger charge is 2.41. The van der Waals surface area contributed by atoms with Crippen molar-refractivity contribution >= 4 is 5.82 Å². The Kier molecular flexibility index (Phi) is 5.66. The lowest BCUT2D eigenvalue weighted by atomic mass is 9.77. The van der Waals surface area contributed by atoms with Crippen LogP contribution in [-0.2, 0) is 0 Å². The fourth-order valence-corrected chi connectivity index (χ4v) is 4.38. The summed E-state index contributed by atoms with van der Waals surface area (Å²) in [6.45, 7) is 8.04. The average Bonchev–Trinajstić information content (AvgIpc) is 3.32. The van der Waals surface area contributed by atoms with E-state index < -0.39 is 0 Å². The van der Waals surface area contributed by atoms with E-state index in [9.17, 15) is 0 Å². The molecule has 0 aromatic carbocycles. The van der Waals surface area contributed by atoms with Crippen LogP contribution >= 0.6 is 0 Å². The molecular weight excluding hydrogens is 390 g/mol. The highest BCUT2D eigenvalue weighted by Crippen LogP contribution is 2.36. The van der Waals surface area contributed by atoms with E-state index >= 15 is 0 Å². The lowest BCUT2D eigenvalue weighted by molar-refractivity contribution is 0.0391. The van der Waals surface area contributed by atoms with Crippen LogP contribution in [0.1, 0.15) is 27.2 Å². The summed E-state index contributed by atoms with van der Waals surface area (Å²) in [5.74, 6) is 1.89. The minimum Gasteiger partial charge on any atom is -0.480 e. The predicted octanol–water partition coefficient (Wildman–Crippen LogP) is 3.49. The summed E-state index contributed by atoms with van der Waals surface area (Å²) >= 11 is 0. The van der Waals surface area contributed by atoms with Crippen LogP contribution in [0.3, 0.4) is 0 Å². The molecular formula is C23H31N7O. The van der Waals surface area contributed by atoms with E-state index in [0.717, 1.165) is 41.3 Å². The second kappa shape index (κ2) is 8.26. The SMILES string of the molecule is COc1nc(-c2cn[nH]c2)ccc1-c1ccc(N(C)C2CCN(C)C(C)(C)C2C)nn1. The molecule has 8 heteroatoms. The fourth-order valence-electron chi connectivity index (χ4n) is 4.38. The van der Waals surface area contributed by atoms with Gasteiger partial charge in [-0.3, -0.25) is 5.10 Å². The molecule has 1 N–H and O–H groups in total. The van der Waals surface area contributed by atoms with E-state index in [1.165, 1.54) is 0 Å². The number of ether oxygens (including phenoxy) is 1. The molecule has 0 saturated carbocycles. The highest BCUT2D eigenvalue weighted by molar-refractivity contribution is 5.69. The van der Waals surface area contributed by atoms with Gasteiger partial charge in [-0.25, -0.2) is 4.98 Å². The smallest absolute Gasteiger partial charge is 0.223 e. The Labute approximate surface area is 183 Å². The fraction of sp³-hybridized carbons (Fsp3) is 0.478. The normalized spacial score (nSPS) is 21.1. The second-order valence-electron chi connectivity index (χ2n) is 8.85. The Hall–Kier alpha value is -3.00. The number of nitrogens with zero attached hydrogens (tertiary/aromatic N) is 6. The minimum absolute atomic E-state index is 0.139. The zero-order valence-electron chi connectivity index (χ0n) is 19.1. The largest absolute Gasteiger partial charge is 0.480 e. The van der Waals surface area contributed by atoms with Crippen molar-refractivity contribution in [1.82, 2.24) is 30.3 Å². The molecule has 0 bridgehead atoms. The molecule has 164 valence electrons. The third-order valence-electron chi connectivity index (χ3n) is 7.07. The summed E-state index contributed by atoms with van der Waals surface area (Å²) in [6.07, 6.45) is 4.64. The van der Waals surface area contributed by atoms with E-state index in [2.05, 4.69) is 70.0 Å². The molecule has 1 fully saturated rings. The van der Waals surface area contributed by atoms with Gasteiger partial charge in [-0.15, -0.1) is 10.2 Å². The monoisotopic (exact) mass is 421 g/mol. The number of aromatic nitrogens is 5. The number of aromatic amines is 1. The van der Waals surface area contributed by atoms with Crippen molar-refractivity contribution in [3.63, 3.8) is 0 Å². The zero-order chi connectivity index (χ0) is 22.2. The number of hydrogen-bond donors (Lipinski definition) is 1. The molecule has 4 heterocycles. The van der Waals surface area contributed by atoms with Crippen LogP contribution in [0.15, 0.2) is 36.7 Å². The number of pyridine rings is 1. The molecule has 0 aliphatic carbocycles. The summed E-state index contributed by atoms with van der Waals surface area (Å²) in [7, 11) is 5.94. The number of likely N-dealkylation sites (tertiary alicyclic amines) is 1.